The molecule has 0 amide bonds. The summed E-state index contributed by atoms with van der Waals surface area (Å²) in [6, 6.07) is 2.45. The van der Waals surface area contributed by atoms with E-state index in [1.165, 1.54) is 18.9 Å². The summed E-state index contributed by atoms with van der Waals surface area (Å²) in [5.41, 5.74) is 0. The van der Waals surface area contributed by atoms with Crippen LogP contribution in [0.15, 0.2) is 12.7 Å². The highest BCUT2D eigenvalue weighted by Gasteiger charge is 2.62. The summed E-state index contributed by atoms with van der Waals surface area (Å²) in [7, 11) is -2.35. The van der Waals surface area contributed by atoms with Gasteiger partial charge in [-0.1, -0.05) is 25.8 Å². The molecule has 0 aromatic carbocycles. The smallest absolute Gasteiger partial charge is 0.371 e. The van der Waals surface area contributed by atoms with Crippen LogP contribution in [0.2, 0.25) is 12.1 Å². The van der Waals surface area contributed by atoms with Crippen LogP contribution in [0.4, 0.5) is 0 Å². The Morgan fingerprint density at radius 3 is 2.20 bits per heavy atom. The van der Waals surface area contributed by atoms with E-state index in [1.54, 1.807) is 0 Å². The SMILES string of the molecule is C1CC[SiH2]OC1.C=CC1CCC[Si](OCC)(OCC)C1(CC)OCC. The molecule has 0 N–H and O–H groups in total. The third-order valence-corrected chi connectivity index (χ3v) is 11.4. The van der Waals surface area contributed by atoms with E-state index in [9.17, 15) is 0 Å². The Kier molecular flexibility index (Phi) is 11.4. The zero-order valence-corrected chi connectivity index (χ0v) is 19.4. The van der Waals surface area contributed by atoms with Gasteiger partial charge in [0.2, 0.25) is 0 Å². The average molecular weight is 389 g/mol. The fraction of sp³-hybridized carbons (Fsp3) is 0.895. The summed E-state index contributed by atoms with van der Waals surface area (Å²) >= 11 is 0. The van der Waals surface area contributed by atoms with Crippen LogP contribution >= 0.6 is 0 Å². The molecule has 2 aliphatic rings. The molecular formula is C19H40O4Si2. The van der Waals surface area contributed by atoms with Crippen molar-refractivity contribution in [2.45, 2.75) is 77.1 Å². The van der Waals surface area contributed by atoms with Gasteiger partial charge in [0.15, 0.2) is 9.76 Å². The highest BCUT2D eigenvalue weighted by Crippen LogP contribution is 2.47. The van der Waals surface area contributed by atoms with Gasteiger partial charge in [0.25, 0.3) is 0 Å². The van der Waals surface area contributed by atoms with Crippen LogP contribution in [0.25, 0.3) is 0 Å². The summed E-state index contributed by atoms with van der Waals surface area (Å²) in [4.78, 5) is 0. The molecule has 25 heavy (non-hydrogen) atoms. The molecular weight excluding hydrogens is 348 g/mol. The molecule has 0 spiro atoms. The Balaban J connectivity index is 0.000000435. The molecule has 2 saturated heterocycles. The van der Waals surface area contributed by atoms with E-state index in [0.717, 1.165) is 31.9 Å². The van der Waals surface area contributed by atoms with Crippen molar-refractivity contribution in [2.24, 2.45) is 5.92 Å². The summed E-state index contributed by atoms with van der Waals surface area (Å²) in [6.45, 7) is 15.5. The maximum absolute atomic E-state index is 6.28. The molecule has 0 saturated carbocycles. The van der Waals surface area contributed by atoms with Crippen molar-refractivity contribution < 1.29 is 18.0 Å². The molecule has 148 valence electrons. The lowest BCUT2D eigenvalue weighted by Crippen LogP contribution is -2.69. The van der Waals surface area contributed by atoms with E-state index >= 15 is 0 Å². The molecule has 0 aromatic heterocycles. The summed E-state index contributed by atoms with van der Waals surface area (Å²) < 4.78 is 24.0. The van der Waals surface area contributed by atoms with Gasteiger partial charge < -0.3 is 18.0 Å². The summed E-state index contributed by atoms with van der Waals surface area (Å²) in [5.74, 6) is 0.343. The largest absolute Gasteiger partial charge is 0.424 e. The molecule has 2 aliphatic heterocycles. The van der Waals surface area contributed by atoms with Crippen molar-refractivity contribution in [3.05, 3.63) is 12.7 Å². The third kappa shape index (κ3) is 5.74. The lowest BCUT2D eigenvalue weighted by molar-refractivity contribution is -0.0646. The van der Waals surface area contributed by atoms with Gasteiger partial charge in [-0.2, -0.15) is 0 Å². The van der Waals surface area contributed by atoms with Crippen molar-refractivity contribution in [2.75, 3.05) is 26.4 Å². The molecule has 2 unspecified atom stereocenters. The Morgan fingerprint density at radius 2 is 1.84 bits per heavy atom. The predicted octanol–water partition coefficient (Wildman–Crippen LogP) is 4.12. The first-order chi connectivity index (χ1) is 12.2. The second-order valence-corrected chi connectivity index (χ2v) is 11.7. The van der Waals surface area contributed by atoms with Gasteiger partial charge in [0.05, 0.1) is 0 Å². The fourth-order valence-corrected chi connectivity index (χ4v) is 10.1. The first kappa shape index (κ1) is 23.1. The second kappa shape index (κ2) is 12.4. The molecule has 0 radical (unpaired) electrons. The normalized spacial score (nSPS) is 29.7. The van der Waals surface area contributed by atoms with Gasteiger partial charge in [0.1, 0.15) is 5.22 Å². The van der Waals surface area contributed by atoms with Crippen LogP contribution in [0.3, 0.4) is 0 Å². The zero-order chi connectivity index (χ0) is 18.6. The van der Waals surface area contributed by atoms with E-state index in [4.69, 9.17) is 18.0 Å². The van der Waals surface area contributed by atoms with Crippen molar-refractivity contribution in [3.8, 4) is 0 Å². The third-order valence-electron chi connectivity index (χ3n) is 5.31. The van der Waals surface area contributed by atoms with Gasteiger partial charge >= 0.3 is 8.56 Å². The highest BCUT2D eigenvalue weighted by molar-refractivity contribution is 6.71. The van der Waals surface area contributed by atoms with Crippen molar-refractivity contribution in [1.29, 1.82) is 0 Å². The van der Waals surface area contributed by atoms with Crippen LogP contribution in [-0.4, -0.2) is 50.0 Å². The predicted molar refractivity (Wildman–Crippen MR) is 110 cm³/mol. The Hall–Kier alpha value is 0.0138. The van der Waals surface area contributed by atoms with E-state index < -0.39 is 8.56 Å². The van der Waals surface area contributed by atoms with E-state index in [-0.39, 0.29) is 15.0 Å². The minimum Gasteiger partial charge on any atom is -0.424 e. The van der Waals surface area contributed by atoms with Crippen LogP contribution in [0.1, 0.15) is 59.8 Å². The Bertz CT molecular complexity index is 340. The van der Waals surface area contributed by atoms with Crippen molar-refractivity contribution in [3.63, 3.8) is 0 Å². The zero-order valence-electron chi connectivity index (χ0n) is 17.0. The molecule has 2 heterocycles. The van der Waals surface area contributed by atoms with E-state index in [0.29, 0.717) is 25.7 Å². The number of hydrogen-bond acceptors (Lipinski definition) is 4. The Labute approximate surface area is 158 Å². The first-order valence-corrected chi connectivity index (χ1v) is 13.9. The quantitative estimate of drug-likeness (QED) is 0.463. The standard InChI is InChI=1S/C15H30O3Si.C4H10OSi/c1-6-14-12-11-13-19(17-9-4,18-10-5)15(14,7-2)16-8-3;1-2-4-6-5-3-1/h6,14H,1,7-13H2,2-5H3;1-4,6H2. The molecule has 0 aliphatic carbocycles. The maximum atomic E-state index is 6.28. The monoisotopic (exact) mass is 388 g/mol. The van der Waals surface area contributed by atoms with E-state index in [2.05, 4.69) is 40.3 Å². The number of ether oxygens (including phenoxy) is 1. The maximum Gasteiger partial charge on any atom is 0.371 e. The van der Waals surface area contributed by atoms with Gasteiger partial charge in [-0.05, 0) is 52.1 Å². The first-order valence-electron chi connectivity index (χ1n) is 10.3. The molecule has 2 fully saturated rings. The average Bonchev–Trinajstić information content (AvgIpc) is 2.66. The van der Waals surface area contributed by atoms with Gasteiger partial charge in [0, 0.05) is 32.3 Å². The van der Waals surface area contributed by atoms with Gasteiger partial charge in [-0.3, -0.25) is 0 Å². The van der Waals surface area contributed by atoms with Crippen LogP contribution in [-0.2, 0) is 18.0 Å². The lowest BCUT2D eigenvalue weighted by atomic mass is 9.93. The Morgan fingerprint density at radius 1 is 1.12 bits per heavy atom. The molecule has 6 heteroatoms. The van der Waals surface area contributed by atoms with Gasteiger partial charge in [-0.15, -0.1) is 6.58 Å². The minimum absolute atomic E-state index is 0.00849. The molecule has 2 atom stereocenters. The molecule has 2 rings (SSSR count). The van der Waals surface area contributed by atoms with Crippen molar-refractivity contribution in [1.82, 2.24) is 0 Å². The van der Waals surface area contributed by atoms with E-state index in [1.807, 2.05) is 0 Å². The number of hydrogen-bond donors (Lipinski definition) is 0. The minimum atomic E-state index is -2.36. The molecule has 0 bridgehead atoms. The summed E-state index contributed by atoms with van der Waals surface area (Å²) in [5, 5.41) is -0.270. The molecule has 4 nitrogen and oxygen atoms in total. The van der Waals surface area contributed by atoms with Crippen molar-refractivity contribution >= 4 is 18.3 Å². The fourth-order valence-electron chi connectivity index (χ4n) is 4.28. The van der Waals surface area contributed by atoms with Crippen LogP contribution < -0.4 is 0 Å². The van der Waals surface area contributed by atoms with Crippen LogP contribution in [0, 0.1) is 5.92 Å². The summed E-state index contributed by atoms with van der Waals surface area (Å²) in [6.07, 6.45) is 8.02. The lowest BCUT2D eigenvalue weighted by Gasteiger charge is -2.52. The topological polar surface area (TPSA) is 36.9 Å². The number of rotatable bonds is 8. The van der Waals surface area contributed by atoms with Crippen LogP contribution in [0.5, 0.6) is 0 Å². The second-order valence-electron chi connectivity index (χ2n) is 6.70. The van der Waals surface area contributed by atoms with Gasteiger partial charge in [-0.25, -0.2) is 0 Å². The highest BCUT2D eigenvalue weighted by atomic mass is 28.4. The molecule has 0 aromatic rings.